The molecule has 1 fully saturated rings. The highest BCUT2D eigenvalue weighted by atomic mass is 35.5. The molecule has 6 nitrogen and oxygen atoms in total. The summed E-state index contributed by atoms with van der Waals surface area (Å²) >= 11 is 6.17. The molecule has 0 atom stereocenters. The zero-order chi connectivity index (χ0) is 21.8. The molecule has 4 rings (SSSR count). The third kappa shape index (κ3) is 5.30. The van der Waals surface area contributed by atoms with Crippen molar-refractivity contribution in [3.8, 4) is 0 Å². The van der Waals surface area contributed by atoms with Gasteiger partial charge in [0.05, 0.1) is 12.9 Å². The Morgan fingerprint density at radius 2 is 2.03 bits per heavy atom. The SMILES string of the molecule is O=C(CCn1ccnc1)Nc1cccc(C(=O)N(Cc2c(F)cccc2Cl)C2CC2)c1. The molecule has 2 amide bonds. The van der Waals surface area contributed by atoms with E-state index >= 15 is 0 Å². The molecule has 1 aromatic heterocycles. The maximum absolute atomic E-state index is 14.3. The molecule has 0 radical (unpaired) electrons. The minimum atomic E-state index is -0.426. The number of rotatable bonds is 8. The molecule has 0 bridgehead atoms. The van der Waals surface area contributed by atoms with Crippen LogP contribution in [0.15, 0.2) is 61.2 Å². The van der Waals surface area contributed by atoms with Crippen LogP contribution in [0.4, 0.5) is 10.1 Å². The van der Waals surface area contributed by atoms with E-state index in [1.807, 2.05) is 4.57 Å². The number of nitrogens with zero attached hydrogens (tertiary/aromatic N) is 3. The third-order valence-electron chi connectivity index (χ3n) is 5.19. The van der Waals surface area contributed by atoms with Crippen molar-refractivity contribution >= 4 is 29.1 Å². The van der Waals surface area contributed by atoms with Gasteiger partial charge in [0.1, 0.15) is 5.82 Å². The first kappa shape index (κ1) is 21.1. The number of halogens is 2. The summed E-state index contributed by atoms with van der Waals surface area (Å²) in [4.78, 5) is 31.1. The molecule has 1 N–H and O–H groups in total. The van der Waals surface area contributed by atoms with Crippen LogP contribution in [0, 0.1) is 5.82 Å². The molecular weight excluding hydrogens is 419 g/mol. The van der Waals surface area contributed by atoms with Crippen LogP contribution in [0.2, 0.25) is 5.02 Å². The molecule has 1 aliphatic carbocycles. The minimum absolute atomic E-state index is 0.0663. The van der Waals surface area contributed by atoms with E-state index < -0.39 is 5.82 Å². The van der Waals surface area contributed by atoms with E-state index in [4.69, 9.17) is 11.6 Å². The molecule has 1 aliphatic rings. The lowest BCUT2D eigenvalue weighted by Crippen LogP contribution is -2.33. The van der Waals surface area contributed by atoms with E-state index in [9.17, 15) is 14.0 Å². The Labute approximate surface area is 184 Å². The smallest absolute Gasteiger partial charge is 0.254 e. The summed E-state index contributed by atoms with van der Waals surface area (Å²) in [6, 6.07) is 11.4. The maximum atomic E-state index is 14.3. The summed E-state index contributed by atoms with van der Waals surface area (Å²) < 4.78 is 16.1. The molecule has 0 saturated heterocycles. The van der Waals surface area contributed by atoms with Crippen LogP contribution >= 0.6 is 11.6 Å². The summed E-state index contributed by atoms with van der Waals surface area (Å²) in [5, 5.41) is 3.13. The summed E-state index contributed by atoms with van der Waals surface area (Å²) in [7, 11) is 0. The predicted octanol–water partition coefficient (Wildman–Crippen LogP) is 4.51. The number of anilines is 1. The summed E-state index contributed by atoms with van der Waals surface area (Å²) in [5.74, 6) is -0.795. The molecule has 8 heteroatoms. The van der Waals surface area contributed by atoms with Gasteiger partial charge in [0.25, 0.3) is 5.91 Å². The Bertz CT molecular complexity index is 1060. The summed E-state index contributed by atoms with van der Waals surface area (Å²) in [6.45, 7) is 0.625. The van der Waals surface area contributed by atoms with E-state index in [0.29, 0.717) is 28.4 Å². The predicted molar refractivity (Wildman–Crippen MR) is 116 cm³/mol. The normalized spacial score (nSPS) is 13.1. The number of carbonyl (C=O) groups is 2. The number of imidazole rings is 1. The molecule has 31 heavy (non-hydrogen) atoms. The second kappa shape index (κ2) is 9.31. The van der Waals surface area contributed by atoms with Gasteiger partial charge in [-0.3, -0.25) is 9.59 Å². The molecule has 0 unspecified atom stereocenters. The second-order valence-electron chi connectivity index (χ2n) is 7.54. The minimum Gasteiger partial charge on any atom is -0.337 e. The molecule has 2 aromatic carbocycles. The second-order valence-corrected chi connectivity index (χ2v) is 7.95. The molecule has 3 aromatic rings. The summed E-state index contributed by atoms with van der Waals surface area (Å²) in [6.07, 6.45) is 7.15. The molecule has 1 saturated carbocycles. The Kier molecular flexibility index (Phi) is 6.32. The van der Waals surface area contributed by atoms with Gasteiger partial charge < -0.3 is 14.8 Å². The van der Waals surface area contributed by atoms with E-state index in [0.717, 1.165) is 12.8 Å². The Morgan fingerprint density at radius 3 is 2.74 bits per heavy atom. The van der Waals surface area contributed by atoms with Gasteiger partial charge in [-0.05, 0) is 43.2 Å². The number of nitrogens with one attached hydrogen (secondary N) is 1. The number of aromatic nitrogens is 2. The fourth-order valence-electron chi connectivity index (χ4n) is 3.38. The topological polar surface area (TPSA) is 67.2 Å². The number of aryl methyl sites for hydroxylation is 1. The van der Waals surface area contributed by atoms with E-state index in [2.05, 4.69) is 10.3 Å². The van der Waals surface area contributed by atoms with Crippen molar-refractivity contribution in [2.45, 2.75) is 38.4 Å². The number of carbonyl (C=O) groups excluding carboxylic acids is 2. The molecule has 160 valence electrons. The first-order valence-electron chi connectivity index (χ1n) is 10.1. The summed E-state index contributed by atoms with van der Waals surface area (Å²) in [5.41, 5.74) is 1.29. The van der Waals surface area contributed by atoms with Crippen LogP contribution in [-0.2, 0) is 17.9 Å². The third-order valence-corrected chi connectivity index (χ3v) is 5.54. The van der Waals surface area contributed by atoms with Gasteiger partial charge in [-0.15, -0.1) is 0 Å². The molecule has 1 heterocycles. The number of hydrogen-bond donors (Lipinski definition) is 1. The first-order chi connectivity index (χ1) is 15.0. The van der Waals surface area contributed by atoms with Crippen LogP contribution in [-0.4, -0.2) is 32.3 Å². The molecule has 0 spiro atoms. The lowest BCUT2D eigenvalue weighted by molar-refractivity contribution is -0.116. The fraction of sp³-hybridized carbons (Fsp3) is 0.261. The van der Waals surface area contributed by atoms with Crippen molar-refractivity contribution in [3.05, 3.63) is 83.2 Å². The monoisotopic (exact) mass is 440 g/mol. The zero-order valence-corrected chi connectivity index (χ0v) is 17.6. The Morgan fingerprint density at radius 1 is 1.23 bits per heavy atom. The molecule has 0 aliphatic heterocycles. The standard InChI is InChI=1S/C23H22ClFN4O2/c24-20-5-2-6-21(25)19(20)14-29(18-7-8-18)23(31)16-3-1-4-17(13-16)27-22(30)9-11-28-12-10-26-15-28/h1-6,10,12-13,15,18H,7-9,11,14H2,(H,27,30). The van der Waals surface area contributed by atoms with E-state index in [1.54, 1.807) is 60.0 Å². The van der Waals surface area contributed by atoms with Crippen LogP contribution in [0.3, 0.4) is 0 Å². The van der Waals surface area contributed by atoms with Crippen LogP contribution in [0.1, 0.15) is 35.2 Å². The number of benzene rings is 2. The van der Waals surface area contributed by atoms with Crippen LogP contribution in [0.5, 0.6) is 0 Å². The number of amides is 2. The van der Waals surface area contributed by atoms with Gasteiger partial charge in [0, 0.05) is 53.2 Å². The van der Waals surface area contributed by atoms with E-state index in [-0.39, 0.29) is 30.8 Å². The van der Waals surface area contributed by atoms with Crippen molar-refractivity contribution < 1.29 is 14.0 Å². The fourth-order valence-corrected chi connectivity index (χ4v) is 3.60. The van der Waals surface area contributed by atoms with Gasteiger partial charge in [-0.2, -0.15) is 0 Å². The van der Waals surface area contributed by atoms with Crippen molar-refractivity contribution in [2.75, 3.05) is 5.32 Å². The highest BCUT2D eigenvalue weighted by molar-refractivity contribution is 6.31. The first-order valence-corrected chi connectivity index (χ1v) is 10.5. The average Bonchev–Trinajstić information content (AvgIpc) is 3.46. The lowest BCUT2D eigenvalue weighted by atomic mass is 10.1. The van der Waals surface area contributed by atoms with Crippen molar-refractivity contribution in [1.82, 2.24) is 14.5 Å². The van der Waals surface area contributed by atoms with Gasteiger partial charge in [0.2, 0.25) is 5.91 Å². The Hall–Kier alpha value is -3.19. The van der Waals surface area contributed by atoms with Gasteiger partial charge in [-0.25, -0.2) is 9.37 Å². The highest BCUT2D eigenvalue weighted by Crippen LogP contribution is 2.32. The quantitative estimate of drug-likeness (QED) is 0.560. The van der Waals surface area contributed by atoms with E-state index in [1.165, 1.54) is 6.07 Å². The van der Waals surface area contributed by atoms with Gasteiger partial charge in [-0.1, -0.05) is 23.7 Å². The van der Waals surface area contributed by atoms with Gasteiger partial charge in [0.15, 0.2) is 0 Å². The number of hydrogen-bond acceptors (Lipinski definition) is 3. The maximum Gasteiger partial charge on any atom is 0.254 e. The van der Waals surface area contributed by atoms with Crippen molar-refractivity contribution in [1.29, 1.82) is 0 Å². The molecular formula is C23H22ClFN4O2. The average molecular weight is 441 g/mol. The highest BCUT2D eigenvalue weighted by Gasteiger charge is 2.34. The Balaban J connectivity index is 1.45. The van der Waals surface area contributed by atoms with Crippen LogP contribution in [0.25, 0.3) is 0 Å². The van der Waals surface area contributed by atoms with Crippen molar-refractivity contribution in [3.63, 3.8) is 0 Å². The van der Waals surface area contributed by atoms with Crippen molar-refractivity contribution in [2.24, 2.45) is 0 Å². The zero-order valence-electron chi connectivity index (χ0n) is 16.8. The van der Waals surface area contributed by atoms with Gasteiger partial charge >= 0.3 is 0 Å². The largest absolute Gasteiger partial charge is 0.337 e. The lowest BCUT2D eigenvalue weighted by Gasteiger charge is -2.24. The van der Waals surface area contributed by atoms with Crippen LogP contribution < -0.4 is 5.32 Å².